The number of benzene rings is 1. The van der Waals surface area contributed by atoms with Crippen LogP contribution in [-0.4, -0.2) is 24.4 Å². The van der Waals surface area contributed by atoms with E-state index in [1.54, 1.807) is 16.7 Å². The Morgan fingerprint density at radius 1 is 1.24 bits per heavy atom. The molecule has 7 nitrogen and oxygen atoms in total. The average Bonchev–Trinajstić information content (AvgIpc) is 3.31. The maximum Gasteiger partial charge on any atom is 0.331 e. The summed E-state index contributed by atoms with van der Waals surface area (Å²) in [4.78, 5) is 27.9. The van der Waals surface area contributed by atoms with Crippen LogP contribution >= 0.6 is 11.3 Å². The van der Waals surface area contributed by atoms with Crippen molar-refractivity contribution in [2.75, 3.05) is 0 Å². The first-order valence-electron chi connectivity index (χ1n) is 10.8. The SMILES string of the molecule is Cc1n[nH]c(C)c1Cc1sc2c(c1-c1ccc(F)c(CO)c1)c(=O)n(C)c(=O)n2CC(C)C. The van der Waals surface area contributed by atoms with Crippen LogP contribution in [0.4, 0.5) is 4.39 Å². The Balaban J connectivity index is 2.11. The van der Waals surface area contributed by atoms with Crippen molar-refractivity contribution < 1.29 is 9.50 Å². The van der Waals surface area contributed by atoms with Crippen molar-refractivity contribution in [3.05, 3.63) is 72.2 Å². The van der Waals surface area contributed by atoms with Gasteiger partial charge in [0, 0.05) is 47.3 Å². The minimum absolute atomic E-state index is 0.154. The predicted molar refractivity (Wildman–Crippen MR) is 128 cm³/mol. The summed E-state index contributed by atoms with van der Waals surface area (Å²) in [5.74, 6) is -0.309. The maximum absolute atomic E-state index is 14.2. The molecule has 3 aromatic heterocycles. The van der Waals surface area contributed by atoms with E-state index in [0.717, 1.165) is 26.4 Å². The van der Waals surface area contributed by atoms with Crippen molar-refractivity contribution >= 4 is 21.6 Å². The molecular formula is C24H27FN4O3S. The normalized spacial score (nSPS) is 11.8. The van der Waals surface area contributed by atoms with Gasteiger partial charge in [0.1, 0.15) is 10.6 Å². The van der Waals surface area contributed by atoms with Crippen molar-refractivity contribution in [2.24, 2.45) is 13.0 Å². The fourth-order valence-electron chi connectivity index (χ4n) is 4.18. The molecule has 174 valence electrons. The molecule has 0 aliphatic heterocycles. The van der Waals surface area contributed by atoms with Gasteiger partial charge in [-0.1, -0.05) is 19.9 Å². The van der Waals surface area contributed by atoms with Crippen molar-refractivity contribution in [1.29, 1.82) is 0 Å². The maximum atomic E-state index is 14.2. The molecule has 0 saturated carbocycles. The molecule has 2 N–H and O–H groups in total. The smallest absolute Gasteiger partial charge is 0.331 e. The second kappa shape index (κ2) is 8.72. The number of H-pyrrole nitrogens is 1. The second-order valence-corrected chi connectivity index (χ2v) is 9.87. The number of aliphatic hydroxyl groups excluding tert-OH is 1. The zero-order chi connectivity index (χ0) is 24.0. The third-order valence-electron chi connectivity index (χ3n) is 5.91. The molecule has 0 atom stereocenters. The largest absolute Gasteiger partial charge is 0.392 e. The quantitative estimate of drug-likeness (QED) is 0.450. The van der Waals surface area contributed by atoms with Gasteiger partial charge in [0.25, 0.3) is 5.56 Å². The summed E-state index contributed by atoms with van der Waals surface area (Å²) in [7, 11) is 1.48. The highest BCUT2D eigenvalue weighted by atomic mass is 32.1. The first-order chi connectivity index (χ1) is 15.6. The number of aryl methyl sites for hydroxylation is 2. The number of hydrogen-bond donors (Lipinski definition) is 2. The van der Waals surface area contributed by atoms with Gasteiger partial charge in [0.15, 0.2) is 0 Å². The number of aromatic nitrogens is 4. The van der Waals surface area contributed by atoms with Crippen molar-refractivity contribution in [3.8, 4) is 11.1 Å². The van der Waals surface area contributed by atoms with Crippen LogP contribution < -0.4 is 11.2 Å². The van der Waals surface area contributed by atoms with E-state index in [0.29, 0.717) is 34.3 Å². The highest BCUT2D eigenvalue weighted by Crippen LogP contribution is 2.39. The van der Waals surface area contributed by atoms with Crippen LogP contribution in [0.3, 0.4) is 0 Å². The first-order valence-corrected chi connectivity index (χ1v) is 11.6. The Kier molecular flexibility index (Phi) is 6.11. The molecule has 0 aliphatic carbocycles. The lowest BCUT2D eigenvalue weighted by atomic mass is 9.97. The molecule has 3 heterocycles. The van der Waals surface area contributed by atoms with E-state index >= 15 is 0 Å². The van der Waals surface area contributed by atoms with Crippen LogP contribution in [0.1, 0.15) is 41.2 Å². The molecule has 0 aliphatic rings. The van der Waals surface area contributed by atoms with Gasteiger partial charge < -0.3 is 5.11 Å². The number of rotatable bonds is 6. The summed E-state index contributed by atoms with van der Waals surface area (Å²) in [5.41, 5.74) is 3.52. The third kappa shape index (κ3) is 3.95. The van der Waals surface area contributed by atoms with Gasteiger partial charge in [-0.05, 0) is 37.5 Å². The monoisotopic (exact) mass is 470 g/mol. The fourth-order valence-corrected chi connectivity index (χ4v) is 5.50. The molecule has 0 radical (unpaired) electrons. The third-order valence-corrected chi connectivity index (χ3v) is 7.13. The molecule has 0 unspecified atom stereocenters. The lowest BCUT2D eigenvalue weighted by molar-refractivity contribution is 0.276. The zero-order valence-electron chi connectivity index (χ0n) is 19.3. The van der Waals surface area contributed by atoms with Gasteiger partial charge in [-0.3, -0.25) is 19.0 Å². The van der Waals surface area contributed by atoms with Crippen LogP contribution in [-0.2, 0) is 26.6 Å². The van der Waals surface area contributed by atoms with Gasteiger partial charge >= 0.3 is 5.69 Å². The Hall–Kier alpha value is -3.04. The van der Waals surface area contributed by atoms with E-state index in [2.05, 4.69) is 10.2 Å². The van der Waals surface area contributed by atoms with E-state index < -0.39 is 12.4 Å². The van der Waals surface area contributed by atoms with Crippen LogP contribution in [0.25, 0.3) is 21.3 Å². The van der Waals surface area contributed by atoms with Gasteiger partial charge in [0.05, 0.1) is 17.7 Å². The summed E-state index contributed by atoms with van der Waals surface area (Å²) in [5, 5.41) is 17.3. The predicted octanol–water partition coefficient (Wildman–Crippen LogP) is 3.65. The van der Waals surface area contributed by atoms with Crippen molar-refractivity contribution in [1.82, 2.24) is 19.3 Å². The molecular weight excluding hydrogens is 443 g/mol. The van der Waals surface area contributed by atoms with Gasteiger partial charge in [-0.2, -0.15) is 5.10 Å². The number of nitrogens with one attached hydrogen (secondary N) is 1. The molecule has 0 bridgehead atoms. The molecule has 9 heteroatoms. The van der Waals surface area contributed by atoms with E-state index in [1.807, 2.05) is 27.7 Å². The molecule has 1 aromatic carbocycles. The highest BCUT2D eigenvalue weighted by molar-refractivity contribution is 7.19. The van der Waals surface area contributed by atoms with Crippen LogP contribution in [0.15, 0.2) is 27.8 Å². The fraction of sp³-hybridized carbons (Fsp3) is 0.375. The second-order valence-electron chi connectivity index (χ2n) is 8.79. The van der Waals surface area contributed by atoms with Crippen LogP contribution in [0, 0.1) is 25.6 Å². The summed E-state index contributed by atoms with van der Waals surface area (Å²) < 4.78 is 17.0. The van der Waals surface area contributed by atoms with E-state index in [1.165, 1.54) is 24.5 Å². The number of aliphatic hydroxyl groups is 1. The summed E-state index contributed by atoms with van der Waals surface area (Å²) >= 11 is 1.41. The Bertz CT molecular complexity index is 1460. The highest BCUT2D eigenvalue weighted by Gasteiger charge is 2.24. The van der Waals surface area contributed by atoms with E-state index in [-0.39, 0.29) is 22.7 Å². The van der Waals surface area contributed by atoms with Gasteiger partial charge in [-0.15, -0.1) is 11.3 Å². The van der Waals surface area contributed by atoms with Crippen molar-refractivity contribution in [3.63, 3.8) is 0 Å². The van der Waals surface area contributed by atoms with E-state index in [4.69, 9.17) is 0 Å². The number of hydrogen-bond acceptors (Lipinski definition) is 5. The number of fused-ring (bicyclic) bond motifs is 1. The molecule has 33 heavy (non-hydrogen) atoms. The van der Waals surface area contributed by atoms with Crippen LogP contribution in [0.2, 0.25) is 0 Å². The first kappa shape index (κ1) is 23.1. The molecule has 4 aromatic rings. The lowest BCUT2D eigenvalue weighted by Gasteiger charge is -2.12. The number of thiophene rings is 1. The topological polar surface area (TPSA) is 92.9 Å². The zero-order valence-corrected chi connectivity index (χ0v) is 20.1. The molecule has 4 rings (SSSR count). The standard InChI is InChI=1S/C24H27FN4O3S/c1-12(2)10-29-23-21(22(31)28(5)24(29)32)20(15-6-7-18(25)16(8-15)11-30)19(33-23)9-17-13(3)26-27-14(17)4/h6-8,12,30H,9-11H2,1-5H3,(H,26,27). The lowest BCUT2D eigenvalue weighted by Crippen LogP contribution is -2.38. The number of halogens is 1. The Morgan fingerprint density at radius 2 is 1.97 bits per heavy atom. The molecule has 0 amide bonds. The molecule has 0 saturated heterocycles. The minimum atomic E-state index is -0.506. The minimum Gasteiger partial charge on any atom is -0.392 e. The van der Waals surface area contributed by atoms with Gasteiger partial charge in [0.2, 0.25) is 0 Å². The van der Waals surface area contributed by atoms with E-state index in [9.17, 15) is 19.1 Å². The Morgan fingerprint density at radius 3 is 2.58 bits per heavy atom. The number of nitrogens with zero attached hydrogens (tertiary/aromatic N) is 3. The Labute approximate surface area is 194 Å². The number of aromatic amines is 1. The van der Waals surface area contributed by atoms with Crippen LogP contribution in [0.5, 0.6) is 0 Å². The van der Waals surface area contributed by atoms with Gasteiger partial charge in [-0.25, -0.2) is 9.18 Å². The summed E-state index contributed by atoms with van der Waals surface area (Å²) in [6, 6.07) is 4.50. The van der Waals surface area contributed by atoms with Crippen molar-refractivity contribution in [2.45, 2.75) is 47.3 Å². The average molecular weight is 471 g/mol. The molecule has 0 spiro atoms. The molecule has 0 fully saturated rings. The summed E-state index contributed by atoms with van der Waals surface area (Å²) in [6.07, 6.45) is 0.508. The summed E-state index contributed by atoms with van der Waals surface area (Å²) in [6.45, 7) is 7.92.